The lowest BCUT2D eigenvalue weighted by atomic mass is 9.90. The predicted molar refractivity (Wildman–Crippen MR) is 117 cm³/mol. The van der Waals surface area contributed by atoms with Crippen LogP contribution in [0.2, 0.25) is 0 Å². The topological polar surface area (TPSA) is 20.3 Å². The Bertz CT molecular complexity index is 733. The fourth-order valence-electron chi connectivity index (χ4n) is 3.93. The van der Waals surface area contributed by atoms with E-state index in [9.17, 15) is 4.79 Å². The van der Waals surface area contributed by atoms with Crippen LogP contribution in [0.1, 0.15) is 45.3 Å². The van der Waals surface area contributed by atoms with Crippen molar-refractivity contribution in [2.45, 2.75) is 30.3 Å². The van der Waals surface area contributed by atoms with Gasteiger partial charge in [-0.25, -0.2) is 0 Å². The summed E-state index contributed by atoms with van der Waals surface area (Å²) in [5.41, 5.74) is 3.60. The van der Waals surface area contributed by atoms with Gasteiger partial charge in [0.1, 0.15) is 0 Å². The number of hydrogen-bond donors (Lipinski definition) is 0. The Kier molecular flexibility index (Phi) is 6.46. The molecule has 0 spiro atoms. The minimum atomic E-state index is 0.198. The highest BCUT2D eigenvalue weighted by Gasteiger charge is 2.24. The molecule has 0 unspecified atom stereocenters. The van der Waals surface area contributed by atoms with E-state index in [0.717, 1.165) is 37.9 Å². The highest BCUT2D eigenvalue weighted by molar-refractivity contribution is 8.16. The maximum atomic E-state index is 12.9. The molecule has 0 N–H and O–H groups in total. The van der Waals surface area contributed by atoms with Crippen LogP contribution in [0.4, 0.5) is 0 Å². The number of likely N-dealkylation sites (tertiary alicyclic amines) is 1. The third kappa shape index (κ3) is 4.91. The van der Waals surface area contributed by atoms with Gasteiger partial charge in [-0.15, -0.1) is 23.5 Å². The number of hydrogen-bond acceptors (Lipinski definition) is 3. The Morgan fingerprint density at radius 1 is 0.926 bits per heavy atom. The van der Waals surface area contributed by atoms with Crippen molar-refractivity contribution in [3.05, 3.63) is 71.3 Å². The van der Waals surface area contributed by atoms with Crippen LogP contribution in [-0.2, 0) is 6.42 Å². The van der Waals surface area contributed by atoms with Gasteiger partial charge in [0.15, 0.2) is 0 Å². The minimum absolute atomic E-state index is 0.198. The molecule has 2 aliphatic heterocycles. The highest BCUT2D eigenvalue weighted by atomic mass is 32.2. The van der Waals surface area contributed by atoms with Crippen molar-refractivity contribution in [1.29, 1.82) is 0 Å². The summed E-state index contributed by atoms with van der Waals surface area (Å²) in [6, 6.07) is 19.1. The number of piperidine rings is 1. The van der Waals surface area contributed by atoms with E-state index < -0.39 is 0 Å². The quantitative estimate of drug-likeness (QED) is 0.665. The first kappa shape index (κ1) is 18.9. The number of carbonyl (C=O) groups is 1. The van der Waals surface area contributed by atoms with Crippen LogP contribution in [0.25, 0.3) is 0 Å². The normalized spacial score (nSPS) is 19.2. The van der Waals surface area contributed by atoms with Crippen LogP contribution in [0, 0.1) is 5.92 Å². The third-order valence-corrected chi connectivity index (χ3v) is 8.54. The molecule has 0 aliphatic carbocycles. The Balaban J connectivity index is 1.31. The average molecular weight is 398 g/mol. The molecule has 1 amide bonds. The van der Waals surface area contributed by atoms with E-state index in [1.54, 1.807) is 0 Å². The molecule has 27 heavy (non-hydrogen) atoms. The second-order valence-electron chi connectivity index (χ2n) is 7.47. The van der Waals surface area contributed by atoms with Crippen molar-refractivity contribution in [3.8, 4) is 0 Å². The van der Waals surface area contributed by atoms with Crippen molar-refractivity contribution in [3.63, 3.8) is 0 Å². The van der Waals surface area contributed by atoms with Crippen molar-refractivity contribution < 1.29 is 4.79 Å². The maximum absolute atomic E-state index is 12.9. The lowest BCUT2D eigenvalue weighted by molar-refractivity contribution is 0.0690. The van der Waals surface area contributed by atoms with Crippen LogP contribution in [0.5, 0.6) is 0 Å². The lowest BCUT2D eigenvalue weighted by Crippen LogP contribution is -2.38. The molecule has 2 saturated heterocycles. The Morgan fingerprint density at radius 2 is 1.59 bits per heavy atom. The minimum Gasteiger partial charge on any atom is -0.339 e. The molecule has 0 saturated carbocycles. The number of amides is 1. The molecule has 2 aromatic rings. The van der Waals surface area contributed by atoms with Gasteiger partial charge in [-0.3, -0.25) is 4.79 Å². The Labute approximate surface area is 171 Å². The number of benzene rings is 2. The van der Waals surface area contributed by atoms with Gasteiger partial charge in [0.25, 0.3) is 5.91 Å². The molecule has 2 nitrogen and oxygen atoms in total. The highest BCUT2D eigenvalue weighted by Crippen LogP contribution is 2.43. The first-order valence-corrected chi connectivity index (χ1v) is 12.1. The van der Waals surface area contributed by atoms with Crippen molar-refractivity contribution >= 4 is 29.4 Å². The zero-order valence-corrected chi connectivity index (χ0v) is 17.3. The molecule has 2 aromatic carbocycles. The lowest BCUT2D eigenvalue weighted by Gasteiger charge is -2.32. The van der Waals surface area contributed by atoms with Gasteiger partial charge in [-0.1, -0.05) is 42.5 Å². The first-order valence-electron chi connectivity index (χ1n) is 9.96. The van der Waals surface area contributed by atoms with E-state index in [4.69, 9.17) is 0 Å². The summed E-state index contributed by atoms with van der Waals surface area (Å²) < 4.78 is 0.539. The summed E-state index contributed by atoms with van der Waals surface area (Å²) >= 11 is 4.05. The number of thioether (sulfide) groups is 2. The van der Waals surface area contributed by atoms with Gasteiger partial charge in [0.05, 0.1) is 4.58 Å². The SMILES string of the molecule is O=C(c1ccc(C2SCCCS2)cc1)N1CCC(Cc2ccccc2)CC1. The fourth-order valence-corrected chi connectivity index (χ4v) is 6.83. The maximum Gasteiger partial charge on any atom is 0.253 e. The van der Waals surface area contributed by atoms with Crippen molar-refractivity contribution in [1.82, 2.24) is 4.90 Å². The summed E-state index contributed by atoms with van der Waals surface area (Å²) in [5, 5.41) is 0. The van der Waals surface area contributed by atoms with Gasteiger partial charge < -0.3 is 4.90 Å². The third-order valence-electron chi connectivity index (χ3n) is 5.53. The largest absolute Gasteiger partial charge is 0.339 e. The Hall–Kier alpha value is -1.39. The molecule has 0 radical (unpaired) electrons. The molecule has 142 valence electrons. The van der Waals surface area contributed by atoms with Crippen molar-refractivity contribution in [2.75, 3.05) is 24.6 Å². The zero-order chi connectivity index (χ0) is 18.5. The predicted octanol–water partition coefficient (Wildman–Crippen LogP) is 5.65. The van der Waals surface area contributed by atoms with Gasteiger partial charge in [0.2, 0.25) is 0 Å². The number of rotatable bonds is 4. The molecular formula is C23H27NOS2. The van der Waals surface area contributed by atoms with E-state index in [0.29, 0.717) is 10.5 Å². The second kappa shape index (κ2) is 9.20. The van der Waals surface area contributed by atoms with E-state index in [2.05, 4.69) is 42.5 Å². The van der Waals surface area contributed by atoms with E-state index in [1.807, 2.05) is 40.6 Å². The number of nitrogens with zero attached hydrogens (tertiary/aromatic N) is 1. The molecule has 0 bridgehead atoms. The standard InChI is InChI=1S/C23H27NOS2/c25-22(20-7-9-21(10-8-20)23-26-15-4-16-27-23)24-13-11-19(12-14-24)17-18-5-2-1-3-6-18/h1-3,5-10,19,23H,4,11-17H2. The second-order valence-corrected chi connectivity index (χ2v) is 10.2. The smallest absolute Gasteiger partial charge is 0.253 e. The molecule has 2 fully saturated rings. The van der Waals surface area contributed by atoms with Crippen LogP contribution < -0.4 is 0 Å². The first-order chi connectivity index (χ1) is 13.3. The molecule has 2 heterocycles. The summed E-state index contributed by atoms with van der Waals surface area (Å²) in [7, 11) is 0. The average Bonchev–Trinajstić information content (AvgIpc) is 2.75. The van der Waals surface area contributed by atoms with E-state index in [1.165, 1.54) is 29.1 Å². The molecule has 0 atom stereocenters. The summed E-state index contributed by atoms with van der Waals surface area (Å²) in [5.74, 6) is 3.38. The monoisotopic (exact) mass is 397 g/mol. The van der Waals surface area contributed by atoms with Crippen molar-refractivity contribution in [2.24, 2.45) is 5.92 Å². The van der Waals surface area contributed by atoms with E-state index in [-0.39, 0.29) is 5.91 Å². The van der Waals surface area contributed by atoms with Crippen LogP contribution >= 0.6 is 23.5 Å². The molecule has 0 aromatic heterocycles. The van der Waals surface area contributed by atoms with Gasteiger partial charge in [-0.2, -0.15) is 0 Å². The summed E-state index contributed by atoms with van der Waals surface area (Å²) in [6.45, 7) is 1.76. The van der Waals surface area contributed by atoms with Gasteiger partial charge >= 0.3 is 0 Å². The summed E-state index contributed by atoms with van der Waals surface area (Å²) in [4.78, 5) is 14.9. The van der Waals surface area contributed by atoms with E-state index >= 15 is 0 Å². The zero-order valence-electron chi connectivity index (χ0n) is 15.7. The molecule has 4 heteroatoms. The van der Waals surface area contributed by atoms with Gasteiger partial charge in [-0.05, 0) is 66.4 Å². The molecule has 2 aliphatic rings. The molecule has 4 rings (SSSR count). The number of carbonyl (C=O) groups excluding carboxylic acids is 1. The Morgan fingerprint density at radius 3 is 2.26 bits per heavy atom. The van der Waals surface area contributed by atoms with Crippen LogP contribution in [-0.4, -0.2) is 35.4 Å². The summed E-state index contributed by atoms with van der Waals surface area (Å²) in [6.07, 6.45) is 4.65. The molecular weight excluding hydrogens is 370 g/mol. The fraction of sp³-hybridized carbons (Fsp3) is 0.435. The van der Waals surface area contributed by atoms with Gasteiger partial charge in [0, 0.05) is 18.7 Å². The van der Waals surface area contributed by atoms with Crippen LogP contribution in [0.15, 0.2) is 54.6 Å². The van der Waals surface area contributed by atoms with Crippen LogP contribution in [0.3, 0.4) is 0 Å².